The fourth-order valence-corrected chi connectivity index (χ4v) is 2.72. The Balaban J connectivity index is 1.51. The van der Waals surface area contributed by atoms with E-state index in [0.717, 1.165) is 63.0 Å². The van der Waals surface area contributed by atoms with Crippen molar-refractivity contribution in [3.05, 3.63) is 42.1 Å². The van der Waals surface area contributed by atoms with E-state index in [1.165, 1.54) is 5.56 Å². The second kappa shape index (κ2) is 8.04. The highest BCUT2D eigenvalue weighted by Crippen LogP contribution is 2.17. The Bertz CT molecular complexity index is 626. The number of aryl methyl sites for hydroxylation is 1. The summed E-state index contributed by atoms with van der Waals surface area (Å²) in [5.74, 6) is 1.66. The van der Waals surface area contributed by atoms with E-state index in [0.29, 0.717) is 0 Å². The second-order valence-electron chi connectivity index (χ2n) is 5.87. The normalized spacial score (nSPS) is 15.5. The molecule has 0 unspecified atom stereocenters. The van der Waals surface area contributed by atoms with Crippen molar-refractivity contribution < 1.29 is 4.74 Å². The van der Waals surface area contributed by atoms with Crippen molar-refractivity contribution in [1.29, 1.82) is 0 Å². The van der Waals surface area contributed by atoms with Gasteiger partial charge < -0.3 is 10.1 Å². The average molecular weight is 312 g/mol. The van der Waals surface area contributed by atoms with Crippen LogP contribution >= 0.6 is 0 Å². The number of benzene rings is 1. The molecule has 1 aromatic carbocycles. The molecule has 0 spiro atoms. The lowest BCUT2D eigenvalue weighted by Crippen LogP contribution is -2.37. The van der Waals surface area contributed by atoms with Gasteiger partial charge in [0.2, 0.25) is 0 Å². The van der Waals surface area contributed by atoms with Gasteiger partial charge >= 0.3 is 0 Å². The molecule has 1 aliphatic rings. The van der Waals surface area contributed by atoms with Crippen molar-refractivity contribution in [2.24, 2.45) is 0 Å². The molecule has 0 radical (unpaired) electrons. The van der Waals surface area contributed by atoms with Gasteiger partial charge in [-0.1, -0.05) is 23.8 Å². The van der Waals surface area contributed by atoms with E-state index in [9.17, 15) is 0 Å². The van der Waals surface area contributed by atoms with Crippen LogP contribution in [0.15, 0.2) is 36.5 Å². The SMILES string of the molecule is Cc1cccc(-c2nccc(NCCCN3CCOCC3)n2)c1. The molecule has 1 aliphatic heterocycles. The summed E-state index contributed by atoms with van der Waals surface area (Å²) in [6.07, 6.45) is 2.92. The number of morpholine rings is 1. The van der Waals surface area contributed by atoms with Gasteiger partial charge in [-0.15, -0.1) is 0 Å². The first-order valence-electron chi connectivity index (χ1n) is 8.25. The van der Waals surface area contributed by atoms with E-state index in [4.69, 9.17) is 4.74 Å². The molecule has 0 amide bonds. The Kier molecular flexibility index (Phi) is 5.56. The highest BCUT2D eigenvalue weighted by atomic mass is 16.5. The van der Waals surface area contributed by atoms with Crippen molar-refractivity contribution in [3.8, 4) is 11.4 Å². The Hall–Kier alpha value is -1.98. The lowest BCUT2D eigenvalue weighted by atomic mass is 10.1. The monoisotopic (exact) mass is 312 g/mol. The summed E-state index contributed by atoms with van der Waals surface area (Å²) in [5.41, 5.74) is 2.27. The maximum absolute atomic E-state index is 5.36. The minimum Gasteiger partial charge on any atom is -0.379 e. The number of nitrogens with zero attached hydrogens (tertiary/aromatic N) is 3. The van der Waals surface area contributed by atoms with E-state index in [1.54, 1.807) is 0 Å². The van der Waals surface area contributed by atoms with Crippen LogP contribution in [0.25, 0.3) is 11.4 Å². The molecule has 2 heterocycles. The van der Waals surface area contributed by atoms with Gasteiger partial charge in [0.15, 0.2) is 5.82 Å². The molecule has 122 valence electrons. The van der Waals surface area contributed by atoms with E-state index in [-0.39, 0.29) is 0 Å². The number of rotatable bonds is 6. The van der Waals surface area contributed by atoms with Gasteiger partial charge in [0.05, 0.1) is 13.2 Å². The zero-order chi connectivity index (χ0) is 15.9. The molecule has 0 saturated carbocycles. The highest BCUT2D eigenvalue weighted by Gasteiger charge is 2.09. The van der Waals surface area contributed by atoms with Crippen molar-refractivity contribution in [2.75, 3.05) is 44.7 Å². The maximum atomic E-state index is 5.36. The Morgan fingerprint density at radius 3 is 2.91 bits per heavy atom. The molecule has 5 nitrogen and oxygen atoms in total. The molecule has 1 saturated heterocycles. The lowest BCUT2D eigenvalue weighted by Gasteiger charge is -2.26. The fourth-order valence-electron chi connectivity index (χ4n) is 2.72. The maximum Gasteiger partial charge on any atom is 0.161 e. The molecule has 1 N–H and O–H groups in total. The summed E-state index contributed by atoms with van der Waals surface area (Å²) in [7, 11) is 0. The highest BCUT2D eigenvalue weighted by molar-refractivity contribution is 5.57. The van der Waals surface area contributed by atoms with Crippen LogP contribution in [0.3, 0.4) is 0 Å². The topological polar surface area (TPSA) is 50.3 Å². The van der Waals surface area contributed by atoms with E-state index in [2.05, 4.69) is 39.2 Å². The third kappa shape index (κ3) is 4.74. The number of anilines is 1. The van der Waals surface area contributed by atoms with Gasteiger partial charge in [-0.05, 0) is 32.0 Å². The van der Waals surface area contributed by atoms with Crippen molar-refractivity contribution in [2.45, 2.75) is 13.3 Å². The van der Waals surface area contributed by atoms with Crippen LogP contribution in [-0.2, 0) is 4.74 Å². The first kappa shape index (κ1) is 15.9. The number of ether oxygens (including phenoxy) is 1. The fraction of sp³-hybridized carbons (Fsp3) is 0.444. The van der Waals surface area contributed by atoms with E-state index < -0.39 is 0 Å². The summed E-state index contributed by atoms with van der Waals surface area (Å²) in [5, 5.41) is 3.40. The molecular formula is C18H24N4O. The van der Waals surface area contributed by atoms with Gasteiger partial charge in [0, 0.05) is 31.4 Å². The minimum atomic E-state index is 0.770. The second-order valence-corrected chi connectivity index (χ2v) is 5.87. The van der Waals surface area contributed by atoms with Gasteiger partial charge in [-0.3, -0.25) is 4.90 Å². The molecule has 1 fully saturated rings. The predicted octanol–water partition coefficient (Wildman–Crippen LogP) is 2.59. The zero-order valence-electron chi connectivity index (χ0n) is 13.7. The zero-order valence-corrected chi connectivity index (χ0v) is 13.7. The van der Waals surface area contributed by atoms with Crippen LogP contribution in [0, 0.1) is 6.92 Å². The molecular weight excluding hydrogens is 288 g/mol. The van der Waals surface area contributed by atoms with Crippen LogP contribution in [0.5, 0.6) is 0 Å². The smallest absolute Gasteiger partial charge is 0.161 e. The van der Waals surface area contributed by atoms with Gasteiger partial charge in [-0.25, -0.2) is 9.97 Å². The van der Waals surface area contributed by atoms with Crippen molar-refractivity contribution >= 4 is 5.82 Å². The summed E-state index contributed by atoms with van der Waals surface area (Å²) < 4.78 is 5.36. The van der Waals surface area contributed by atoms with Gasteiger partial charge in [0.1, 0.15) is 5.82 Å². The van der Waals surface area contributed by atoms with Crippen LogP contribution in [0.4, 0.5) is 5.82 Å². The molecule has 0 bridgehead atoms. The molecule has 3 rings (SSSR count). The van der Waals surface area contributed by atoms with Crippen molar-refractivity contribution in [1.82, 2.24) is 14.9 Å². The predicted molar refractivity (Wildman–Crippen MR) is 92.6 cm³/mol. The number of hydrogen-bond donors (Lipinski definition) is 1. The molecule has 23 heavy (non-hydrogen) atoms. The van der Waals surface area contributed by atoms with E-state index >= 15 is 0 Å². The molecule has 1 aromatic heterocycles. The quantitative estimate of drug-likeness (QED) is 0.831. The van der Waals surface area contributed by atoms with E-state index in [1.807, 2.05) is 24.4 Å². The molecule has 5 heteroatoms. The molecule has 0 aliphatic carbocycles. The standard InChI is InChI=1S/C18H24N4O/c1-15-4-2-5-16(14-15)18-20-8-6-17(21-18)19-7-3-9-22-10-12-23-13-11-22/h2,4-6,8,14H,3,7,9-13H2,1H3,(H,19,20,21). The van der Waals surface area contributed by atoms with Crippen LogP contribution in [-0.4, -0.2) is 54.3 Å². The first-order chi connectivity index (χ1) is 11.3. The number of hydrogen-bond acceptors (Lipinski definition) is 5. The molecule has 0 atom stereocenters. The third-order valence-corrected chi connectivity index (χ3v) is 3.99. The average Bonchev–Trinajstić information content (AvgIpc) is 2.60. The van der Waals surface area contributed by atoms with Crippen LogP contribution in [0.1, 0.15) is 12.0 Å². The number of nitrogens with one attached hydrogen (secondary N) is 1. The Morgan fingerprint density at radius 1 is 1.22 bits per heavy atom. The number of aromatic nitrogens is 2. The van der Waals surface area contributed by atoms with Crippen LogP contribution < -0.4 is 5.32 Å². The third-order valence-electron chi connectivity index (χ3n) is 3.99. The van der Waals surface area contributed by atoms with Crippen molar-refractivity contribution in [3.63, 3.8) is 0 Å². The Morgan fingerprint density at radius 2 is 2.09 bits per heavy atom. The largest absolute Gasteiger partial charge is 0.379 e. The Labute approximate surface area is 137 Å². The van der Waals surface area contributed by atoms with Gasteiger partial charge in [-0.2, -0.15) is 0 Å². The minimum absolute atomic E-state index is 0.770. The summed E-state index contributed by atoms with van der Waals surface area (Å²) in [6.45, 7) is 7.92. The van der Waals surface area contributed by atoms with Gasteiger partial charge in [0.25, 0.3) is 0 Å². The summed E-state index contributed by atoms with van der Waals surface area (Å²) in [4.78, 5) is 11.4. The summed E-state index contributed by atoms with van der Waals surface area (Å²) in [6, 6.07) is 10.2. The molecule has 2 aromatic rings. The lowest BCUT2D eigenvalue weighted by molar-refractivity contribution is 0.0378. The summed E-state index contributed by atoms with van der Waals surface area (Å²) >= 11 is 0. The van der Waals surface area contributed by atoms with Crippen LogP contribution in [0.2, 0.25) is 0 Å². The first-order valence-corrected chi connectivity index (χ1v) is 8.25.